The van der Waals surface area contributed by atoms with Gasteiger partial charge in [0.05, 0.1) is 31.9 Å². The van der Waals surface area contributed by atoms with Gasteiger partial charge in [0.25, 0.3) is 0 Å². The first kappa shape index (κ1) is 32.2. The number of anilines is 2. The second-order valence-electron chi connectivity index (χ2n) is 11.4. The highest BCUT2D eigenvalue weighted by molar-refractivity contribution is 8.00. The third kappa shape index (κ3) is 7.92. The van der Waals surface area contributed by atoms with Crippen LogP contribution in [0.4, 0.5) is 29.6 Å². The van der Waals surface area contributed by atoms with Crippen LogP contribution >= 0.6 is 23.3 Å². The number of amides is 2. The van der Waals surface area contributed by atoms with E-state index in [0.29, 0.717) is 34.4 Å². The van der Waals surface area contributed by atoms with Crippen molar-refractivity contribution in [1.29, 1.82) is 0 Å². The SMILES string of the molecule is CC(=O)Nc1nccc(-c2sc(C3CCCN(C(=O)OC(C)(C)C)C3)nc2-c2cccc(NSc3cc(F)ccc3F)c2F)n1. The number of likely N-dealkylation sites (tertiary alicyclic amines) is 1. The number of halogens is 3. The van der Waals surface area contributed by atoms with Crippen LogP contribution in [-0.2, 0) is 9.53 Å². The van der Waals surface area contributed by atoms with E-state index in [1.807, 2.05) is 20.8 Å². The normalized spacial score (nSPS) is 15.1. The lowest BCUT2D eigenvalue weighted by atomic mass is 9.99. The lowest BCUT2D eigenvalue weighted by molar-refractivity contribution is -0.114. The van der Waals surface area contributed by atoms with Crippen molar-refractivity contribution in [1.82, 2.24) is 19.9 Å². The quantitative estimate of drug-likeness (QED) is 0.194. The summed E-state index contributed by atoms with van der Waals surface area (Å²) in [5.41, 5.74) is 0.273. The van der Waals surface area contributed by atoms with Gasteiger partial charge in [0.1, 0.15) is 17.2 Å². The van der Waals surface area contributed by atoms with Crippen molar-refractivity contribution in [2.45, 2.75) is 57.0 Å². The molecule has 4 aromatic rings. The van der Waals surface area contributed by atoms with Crippen LogP contribution in [-0.4, -0.2) is 50.5 Å². The van der Waals surface area contributed by atoms with Crippen LogP contribution in [0.5, 0.6) is 0 Å². The van der Waals surface area contributed by atoms with E-state index in [2.05, 4.69) is 20.0 Å². The number of ether oxygens (including phenoxy) is 1. The van der Waals surface area contributed by atoms with Gasteiger partial charge >= 0.3 is 6.09 Å². The maximum atomic E-state index is 16.1. The molecule has 0 radical (unpaired) electrons. The molecule has 0 bridgehead atoms. The first-order chi connectivity index (χ1) is 21.4. The molecule has 2 aromatic heterocycles. The Kier molecular flexibility index (Phi) is 9.63. The number of thiazole rings is 1. The van der Waals surface area contributed by atoms with Crippen LogP contribution in [0.2, 0.25) is 0 Å². The van der Waals surface area contributed by atoms with Crippen LogP contribution in [0.3, 0.4) is 0 Å². The summed E-state index contributed by atoms with van der Waals surface area (Å²) in [7, 11) is 0. The van der Waals surface area contributed by atoms with E-state index in [0.717, 1.165) is 43.0 Å². The smallest absolute Gasteiger partial charge is 0.410 e. The molecular formula is C31H31F3N6O3S2. The largest absolute Gasteiger partial charge is 0.444 e. The fourth-order valence-corrected chi connectivity index (χ4v) is 6.59. The summed E-state index contributed by atoms with van der Waals surface area (Å²) in [6.07, 6.45) is 2.57. The number of carbonyl (C=O) groups is 2. The first-order valence-electron chi connectivity index (χ1n) is 14.1. The van der Waals surface area contributed by atoms with E-state index < -0.39 is 29.1 Å². The van der Waals surface area contributed by atoms with Gasteiger partial charge in [0.2, 0.25) is 11.9 Å². The Morgan fingerprint density at radius 2 is 1.91 bits per heavy atom. The minimum Gasteiger partial charge on any atom is -0.444 e. The van der Waals surface area contributed by atoms with Crippen molar-refractivity contribution in [2.24, 2.45) is 0 Å². The Bertz CT molecular complexity index is 1730. The van der Waals surface area contributed by atoms with Crippen LogP contribution in [0.1, 0.15) is 51.5 Å². The van der Waals surface area contributed by atoms with Crippen LogP contribution < -0.4 is 10.0 Å². The minimum absolute atomic E-state index is 0.0326. The Balaban J connectivity index is 1.52. The third-order valence-electron chi connectivity index (χ3n) is 6.66. The zero-order valence-electron chi connectivity index (χ0n) is 25.0. The molecular weight excluding hydrogens is 626 g/mol. The molecule has 0 saturated carbocycles. The monoisotopic (exact) mass is 656 g/mol. The fraction of sp³-hybridized carbons (Fsp3) is 0.323. The first-order valence-corrected chi connectivity index (χ1v) is 15.8. The Morgan fingerprint density at radius 3 is 2.67 bits per heavy atom. The summed E-state index contributed by atoms with van der Waals surface area (Å²) >= 11 is 2.06. The van der Waals surface area contributed by atoms with Crippen molar-refractivity contribution in [3.8, 4) is 21.8 Å². The molecule has 236 valence electrons. The summed E-state index contributed by atoms with van der Waals surface area (Å²) in [5, 5.41) is 3.25. The number of hydrogen-bond donors (Lipinski definition) is 2. The number of aromatic nitrogens is 3. The zero-order valence-corrected chi connectivity index (χ0v) is 26.6. The fourth-order valence-electron chi connectivity index (χ4n) is 4.70. The Morgan fingerprint density at radius 1 is 1.11 bits per heavy atom. The number of carbonyl (C=O) groups excluding carboxylic acids is 2. The lowest BCUT2D eigenvalue weighted by Crippen LogP contribution is -2.42. The second kappa shape index (κ2) is 13.4. The van der Waals surface area contributed by atoms with Gasteiger partial charge in [-0.1, -0.05) is 6.07 Å². The number of nitrogens with one attached hydrogen (secondary N) is 2. The highest BCUT2D eigenvalue weighted by atomic mass is 32.2. The maximum absolute atomic E-state index is 16.1. The van der Waals surface area contributed by atoms with E-state index in [9.17, 15) is 18.4 Å². The molecule has 1 aliphatic heterocycles. The summed E-state index contributed by atoms with van der Waals surface area (Å²) in [6, 6.07) is 9.34. The van der Waals surface area contributed by atoms with E-state index in [-0.39, 0.29) is 33.9 Å². The highest BCUT2D eigenvalue weighted by Crippen LogP contribution is 2.43. The molecule has 0 aliphatic carbocycles. The highest BCUT2D eigenvalue weighted by Gasteiger charge is 2.31. The summed E-state index contributed by atoms with van der Waals surface area (Å²) < 4.78 is 52.4. The third-order valence-corrected chi connectivity index (χ3v) is 8.76. The summed E-state index contributed by atoms with van der Waals surface area (Å²) in [5.74, 6) is -2.33. The zero-order chi connectivity index (χ0) is 32.3. The van der Waals surface area contributed by atoms with Crippen LogP contribution in [0.15, 0.2) is 53.6 Å². The molecule has 2 aromatic carbocycles. The Hall–Kier alpha value is -4.17. The van der Waals surface area contributed by atoms with E-state index >= 15 is 4.39 Å². The average Bonchev–Trinajstić information content (AvgIpc) is 3.43. The van der Waals surface area contributed by atoms with Gasteiger partial charge in [-0.25, -0.2) is 32.9 Å². The number of benzene rings is 2. The predicted molar refractivity (Wildman–Crippen MR) is 168 cm³/mol. The van der Waals surface area contributed by atoms with Crippen LogP contribution in [0, 0.1) is 17.5 Å². The lowest BCUT2D eigenvalue weighted by Gasteiger charge is -2.33. The number of rotatable bonds is 7. The maximum Gasteiger partial charge on any atom is 0.410 e. The minimum atomic E-state index is -0.657. The van der Waals surface area contributed by atoms with Gasteiger partial charge in [-0.2, -0.15) is 0 Å². The van der Waals surface area contributed by atoms with E-state index in [4.69, 9.17) is 9.72 Å². The standard InChI is InChI=1S/C31H31F3N6O3S2/c1-17(41)36-29-35-13-12-23(37-29)27-26(38-28(44-27)18-7-6-14-40(16-18)30(42)43-31(2,3)4)20-8-5-9-22(25(20)34)39-45-24-15-19(32)10-11-21(24)33/h5,8-13,15,18,39H,6-7,14,16H2,1-4H3,(H,35,36,37,41). The van der Waals surface area contributed by atoms with Crippen molar-refractivity contribution < 1.29 is 27.5 Å². The Labute approximate surface area is 266 Å². The average molecular weight is 657 g/mol. The molecule has 1 saturated heterocycles. The topological polar surface area (TPSA) is 109 Å². The van der Waals surface area contributed by atoms with E-state index in [1.165, 1.54) is 30.5 Å². The molecule has 9 nitrogen and oxygen atoms in total. The molecule has 5 rings (SSSR count). The molecule has 14 heteroatoms. The number of hydrogen-bond acceptors (Lipinski definition) is 9. The molecule has 45 heavy (non-hydrogen) atoms. The second-order valence-corrected chi connectivity index (χ2v) is 13.3. The van der Waals surface area contributed by atoms with Gasteiger partial charge in [0, 0.05) is 37.7 Å². The molecule has 0 spiro atoms. The molecule has 1 unspecified atom stereocenters. The molecule has 2 amide bonds. The van der Waals surface area contributed by atoms with Gasteiger partial charge in [-0.15, -0.1) is 11.3 Å². The molecule has 2 N–H and O–H groups in total. The molecule has 3 heterocycles. The van der Waals surface area contributed by atoms with Gasteiger partial charge < -0.3 is 14.4 Å². The van der Waals surface area contributed by atoms with Crippen molar-refractivity contribution >= 4 is 46.9 Å². The number of nitrogens with zero attached hydrogens (tertiary/aromatic N) is 4. The van der Waals surface area contributed by atoms with E-state index in [1.54, 1.807) is 23.1 Å². The van der Waals surface area contributed by atoms with Crippen LogP contribution in [0.25, 0.3) is 21.8 Å². The van der Waals surface area contributed by atoms with Crippen molar-refractivity contribution in [3.05, 3.63) is 71.1 Å². The van der Waals surface area contributed by atoms with Gasteiger partial charge in [-0.3, -0.25) is 10.1 Å². The van der Waals surface area contributed by atoms with Gasteiger partial charge in [-0.05, 0) is 82.0 Å². The number of piperidine rings is 1. The summed E-state index contributed by atoms with van der Waals surface area (Å²) in [6.45, 7) is 7.71. The molecule has 1 aliphatic rings. The predicted octanol–water partition coefficient (Wildman–Crippen LogP) is 7.88. The van der Waals surface area contributed by atoms with Gasteiger partial charge in [0.15, 0.2) is 5.82 Å². The summed E-state index contributed by atoms with van der Waals surface area (Å²) in [4.78, 5) is 40.2. The van der Waals surface area contributed by atoms with Crippen molar-refractivity contribution in [3.63, 3.8) is 0 Å². The molecule has 1 atom stereocenters. The molecule has 1 fully saturated rings. The van der Waals surface area contributed by atoms with Crippen molar-refractivity contribution in [2.75, 3.05) is 23.1 Å².